The van der Waals surface area contributed by atoms with Crippen molar-refractivity contribution in [2.24, 2.45) is 14.1 Å². The van der Waals surface area contributed by atoms with E-state index in [0.29, 0.717) is 10.8 Å². The van der Waals surface area contributed by atoms with E-state index in [1.807, 2.05) is 0 Å². The van der Waals surface area contributed by atoms with E-state index in [2.05, 4.69) is 25.9 Å². The molecule has 1 aromatic carbocycles. The van der Waals surface area contributed by atoms with Crippen LogP contribution in [0.4, 0.5) is 0 Å². The van der Waals surface area contributed by atoms with Gasteiger partial charge in [-0.15, -0.1) is 0 Å². The quantitative estimate of drug-likeness (QED) is 0.348. The minimum absolute atomic E-state index is 0.0183. The Kier molecular flexibility index (Phi) is 4.66. The molecule has 3 N–H and O–H groups in total. The largest absolute Gasteiger partial charge is 0.329 e. The summed E-state index contributed by atoms with van der Waals surface area (Å²) in [4.78, 5) is 67.0. The molecule has 0 aliphatic carbocycles. The highest BCUT2D eigenvalue weighted by Gasteiger charge is 2.17. The molecule has 31 heavy (non-hydrogen) atoms. The summed E-state index contributed by atoms with van der Waals surface area (Å²) >= 11 is 0. The van der Waals surface area contributed by atoms with Crippen LogP contribution in [0.3, 0.4) is 0 Å². The zero-order valence-corrected chi connectivity index (χ0v) is 16.3. The van der Waals surface area contributed by atoms with E-state index in [9.17, 15) is 24.0 Å². The maximum Gasteiger partial charge on any atom is 0.329 e. The number of amides is 2. The van der Waals surface area contributed by atoms with E-state index in [1.165, 1.54) is 26.4 Å². The average molecular weight is 421 g/mol. The number of benzene rings is 1. The normalized spacial score (nSPS) is 10.9. The number of carbonyl (C=O) groups excluding carboxylic acids is 2. The summed E-state index contributed by atoms with van der Waals surface area (Å²) in [6, 6.07) is 7.72. The van der Waals surface area contributed by atoms with Crippen LogP contribution < -0.4 is 27.7 Å². The molecular weight excluding hydrogens is 406 g/mol. The van der Waals surface area contributed by atoms with Gasteiger partial charge < -0.3 is 0 Å². The highest BCUT2D eigenvalue weighted by atomic mass is 16.2. The van der Waals surface area contributed by atoms with Crippen LogP contribution in [0.2, 0.25) is 0 Å². The van der Waals surface area contributed by atoms with Crippen LogP contribution >= 0.6 is 0 Å². The number of fused-ring (bicyclic) bond motifs is 2. The Hall–Kier alpha value is -4.61. The molecule has 3 heterocycles. The lowest BCUT2D eigenvalue weighted by Crippen LogP contribution is -2.42. The van der Waals surface area contributed by atoms with Gasteiger partial charge in [-0.2, -0.15) is 5.10 Å². The Balaban J connectivity index is 1.61. The van der Waals surface area contributed by atoms with Crippen molar-refractivity contribution in [1.82, 2.24) is 35.2 Å². The second-order valence-corrected chi connectivity index (χ2v) is 6.64. The van der Waals surface area contributed by atoms with Crippen LogP contribution in [0.25, 0.3) is 21.8 Å². The first-order valence-electron chi connectivity index (χ1n) is 8.93. The first-order chi connectivity index (χ1) is 14.8. The predicted molar refractivity (Wildman–Crippen MR) is 110 cm³/mol. The number of aryl methyl sites for hydroxylation is 2. The topological polar surface area (TPSA) is 161 Å². The number of nitrogens with one attached hydrogen (secondary N) is 3. The van der Waals surface area contributed by atoms with Gasteiger partial charge in [0, 0.05) is 25.7 Å². The van der Waals surface area contributed by atoms with Gasteiger partial charge in [0.2, 0.25) is 0 Å². The van der Waals surface area contributed by atoms with Crippen molar-refractivity contribution in [3.8, 4) is 0 Å². The third-order valence-corrected chi connectivity index (χ3v) is 4.68. The Morgan fingerprint density at radius 3 is 2.39 bits per heavy atom. The molecule has 0 fully saturated rings. The Morgan fingerprint density at radius 2 is 1.65 bits per heavy atom. The molecule has 0 spiro atoms. The summed E-state index contributed by atoms with van der Waals surface area (Å²) in [6.07, 6.45) is 1.17. The lowest BCUT2D eigenvalue weighted by molar-refractivity contribution is 0.0843. The van der Waals surface area contributed by atoms with Gasteiger partial charge in [-0.1, -0.05) is 18.2 Å². The number of H-pyrrole nitrogens is 1. The number of hydrogen-bond donors (Lipinski definition) is 3. The zero-order valence-electron chi connectivity index (χ0n) is 16.3. The summed E-state index contributed by atoms with van der Waals surface area (Å²) in [7, 11) is 2.84. The fourth-order valence-electron chi connectivity index (χ4n) is 3.07. The molecule has 4 rings (SSSR count). The molecule has 0 aliphatic heterocycles. The highest BCUT2D eigenvalue weighted by molar-refractivity contribution is 6.06. The lowest BCUT2D eigenvalue weighted by atomic mass is 10.1. The molecule has 0 radical (unpaired) electrons. The number of hydrogen-bond acceptors (Lipinski definition) is 7. The lowest BCUT2D eigenvalue weighted by Gasteiger charge is -2.10. The van der Waals surface area contributed by atoms with Crippen LogP contribution in [0.15, 0.2) is 50.9 Å². The number of rotatable bonds is 2. The smallest absolute Gasteiger partial charge is 0.281 e. The van der Waals surface area contributed by atoms with E-state index >= 15 is 0 Å². The van der Waals surface area contributed by atoms with Crippen LogP contribution in [-0.2, 0) is 14.1 Å². The van der Waals surface area contributed by atoms with Crippen molar-refractivity contribution in [3.05, 3.63) is 79.0 Å². The van der Waals surface area contributed by atoms with Crippen molar-refractivity contribution in [3.63, 3.8) is 0 Å². The summed E-state index contributed by atoms with van der Waals surface area (Å²) in [6.45, 7) is 0. The molecular formula is C19H15N7O5. The van der Waals surface area contributed by atoms with Crippen molar-refractivity contribution < 1.29 is 9.59 Å². The van der Waals surface area contributed by atoms with Crippen molar-refractivity contribution in [2.45, 2.75) is 0 Å². The highest BCUT2D eigenvalue weighted by Crippen LogP contribution is 2.12. The number of pyridine rings is 1. The van der Waals surface area contributed by atoms with E-state index in [0.717, 1.165) is 9.25 Å². The van der Waals surface area contributed by atoms with Crippen molar-refractivity contribution >= 4 is 33.6 Å². The van der Waals surface area contributed by atoms with Crippen LogP contribution in [0.1, 0.15) is 20.8 Å². The fraction of sp³-hybridized carbons (Fsp3) is 0.105. The van der Waals surface area contributed by atoms with Gasteiger partial charge in [-0.05, 0) is 12.1 Å². The molecule has 4 aromatic rings. The van der Waals surface area contributed by atoms with E-state index < -0.39 is 23.1 Å². The Morgan fingerprint density at radius 1 is 0.968 bits per heavy atom. The number of nitrogens with zero attached hydrogens (tertiary/aromatic N) is 4. The molecule has 0 bridgehead atoms. The molecule has 156 valence electrons. The standard InChI is InChI=1S/C19H15N7O5/c1-25-14-12(16(28)21-19(25)31)7-9(8-20-14)15(27)22-23-17(29)13-10-5-3-4-6-11(10)18(30)26(2)24-13/h3-8H,1-2H3,(H,22,27)(H,23,29)(H,21,28,31). The van der Waals surface area contributed by atoms with Gasteiger partial charge in [-0.25, -0.2) is 14.5 Å². The van der Waals surface area contributed by atoms with Gasteiger partial charge in [0.1, 0.15) is 5.65 Å². The molecule has 0 saturated carbocycles. The fourth-order valence-corrected chi connectivity index (χ4v) is 3.07. The van der Waals surface area contributed by atoms with Gasteiger partial charge in [0.25, 0.3) is 22.9 Å². The zero-order chi connectivity index (χ0) is 22.3. The summed E-state index contributed by atoms with van der Waals surface area (Å²) in [5.74, 6) is -1.49. The molecule has 0 atom stereocenters. The Labute approximate surface area is 172 Å². The summed E-state index contributed by atoms with van der Waals surface area (Å²) in [5, 5.41) is 4.64. The van der Waals surface area contributed by atoms with E-state index in [4.69, 9.17) is 0 Å². The van der Waals surface area contributed by atoms with Crippen LogP contribution in [0, 0.1) is 0 Å². The van der Waals surface area contributed by atoms with Crippen molar-refractivity contribution in [2.75, 3.05) is 0 Å². The molecule has 0 saturated heterocycles. The first-order valence-corrected chi connectivity index (χ1v) is 8.93. The summed E-state index contributed by atoms with van der Waals surface area (Å²) < 4.78 is 2.17. The SMILES string of the molecule is Cn1nc(C(=O)NNC(=O)c2cnc3c(c2)c(=O)[nH]c(=O)n3C)c2ccccc2c1=O. The Bertz CT molecular complexity index is 1560. The third kappa shape index (κ3) is 3.35. The molecule has 0 aliphatic rings. The molecule has 12 heteroatoms. The van der Waals surface area contributed by atoms with Crippen LogP contribution in [0.5, 0.6) is 0 Å². The predicted octanol–water partition coefficient (Wildman–Crippen LogP) is -1.06. The maximum absolute atomic E-state index is 12.6. The van der Waals surface area contributed by atoms with Gasteiger partial charge >= 0.3 is 5.69 Å². The van der Waals surface area contributed by atoms with Gasteiger partial charge in [0.05, 0.1) is 16.3 Å². The average Bonchev–Trinajstić information content (AvgIpc) is 2.77. The second kappa shape index (κ2) is 7.33. The monoisotopic (exact) mass is 421 g/mol. The first kappa shape index (κ1) is 19.7. The molecule has 0 unspecified atom stereocenters. The molecule has 3 aromatic heterocycles. The van der Waals surface area contributed by atoms with Gasteiger partial charge in [-0.3, -0.25) is 39.6 Å². The van der Waals surface area contributed by atoms with E-state index in [-0.39, 0.29) is 27.9 Å². The second-order valence-electron chi connectivity index (χ2n) is 6.64. The third-order valence-electron chi connectivity index (χ3n) is 4.68. The maximum atomic E-state index is 12.6. The van der Waals surface area contributed by atoms with Crippen LogP contribution in [-0.4, -0.2) is 36.1 Å². The number of aromatic amines is 1. The number of aromatic nitrogens is 5. The number of hydrazine groups is 1. The molecule has 2 amide bonds. The molecule has 12 nitrogen and oxygen atoms in total. The number of carbonyl (C=O) groups is 2. The summed E-state index contributed by atoms with van der Waals surface area (Å²) in [5.41, 5.74) is 2.80. The minimum atomic E-state index is -0.745. The van der Waals surface area contributed by atoms with E-state index in [1.54, 1.807) is 24.3 Å². The van der Waals surface area contributed by atoms with Gasteiger partial charge in [0.15, 0.2) is 5.69 Å². The minimum Gasteiger partial charge on any atom is -0.281 e. The van der Waals surface area contributed by atoms with Crippen molar-refractivity contribution in [1.29, 1.82) is 0 Å².